The second kappa shape index (κ2) is 13.4. The first-order valence-corrected chi connectivity index (χ1v) is 8.00. The van der Waals surface area contributed by atoms with Crippen LogP contribution in [0.25, 0.3) is 0 Å². The first kappa shape index (κ1) is 19.4. The van der Waals surface area contributed by atoms with Gasteiger partial charge in [0.2, 0.25) is 0 Å². The molecule has 0 fully saturated rings. The second-order valence-electron chi connectivity index (χ2n) is 5.93. The van der Waals surface area contributed by atoms with Gasteiger partial charge in [0.1, 0.15) is 12.7 Å². The molecule has 4 heteroatoms. The Morgan fingerprint density at radius 3 is 2.10 bits per heavy atom. The molecule has 0 saturated carbocycles. The molecule has 0 radical (unpaired) electrons. The van der Waals surface area contributed by atoms with Crippen molar-refractivity contribution in [2.75, 3.05) is 13.2 Å². The Bertz CT molecular complexity index is 229. The van der Waals surface area contributed by atoms with Gasteiger partial charge in [-0.1, -0.05) is 58.8 Å². The number of unbranched alkanes of at least 4 members (excludes halogenated alkanes) is 6. The van der Waals surface area contributed by atoms with E-state index in [4.69, 9.17) is 14.9 Å². The highest BCUT2D eigenvalue weighted by molar-refractivity contribution is 5.69. The minimum atomic E-state index is -0.954. The van der Waals surface area contributed by atoms with Gasteiger partial charge in [-0.15, -0.1) is 0 Å². The molecule has 0 saturated heterocycles. The molecule has 0 aliphatic carbocycles. The van der Waals surface area contributed by atoms with Crippen molar-refractivity contribution in [2.45, 2.75) is 77.7 Å². The van der Waals surface area contributed by atoms with E-state index >= 15 is 0 Å². The van der Waals surface area contributed by atoms with Crippen LogP contribution in [0.5, 0.6) is 0 Å². The molecule has 0 amide bonds. The summed E-state index contributed by atoms with van der Waals surface area (Å²) in [4.78, 5) is 11.3. The Hall–Kier alpha value is -0.610. The summed E-state index contributed by atoms with van der Waals surface area (Å²) in [6.45, 7) is 4.05. The van der Waals surface area contributed by atoms with Gasteiger partial charge in [-0.05, 0) is 12.3 Å². The molecular weight excluding hydrogens is 256 g/mol. The fourth-order valence-electron chi connectivity index (χ4n) is 2.02. The minimum absolute atomic E-state index is 0.106. The molecular formula is C16H32O4. The Balaban J connectivity index is 3.21. The molecule has 0 unspecified atom stereocenters. The third-order valence-corrected chi connectivity index (χ3v) is 3.31. The van der Waals surface area contributed by atoms with Crippen LogP contribution in [0.3, 0.4) is 0 Å². The number of carbonyl (C=O) groups excluding carboxylic acids is 1. The van der Waals surface area contributed by atoms with Gasteiger partial charge in [0.25, 0.3) is 0 Å². The molecule has 0 rings (SSSR count). The average Bonchev–Trinajstić information content (AvgIpc) is 2.42. The van der Waals surface area contributed by atoms with Gasteiger partial charge in [0, 0.05) is 6.42 Å². The number of aliphatic hydroxyl groups excluding tert-OH is 2. The first-order chi connectivity index (χ1) is 9.56. The number of esters is 1. The Morgan fingerprint density at radius 1 is 1.00 bits per heavy atom. The lowest BCUT2D eigenvalue weighted by molar-refractivity contribution is -0.147. The van der Waals surface area contributed by atoms with Crippen LogP contribution in [0.4, 0.5) is 0 Å². The van der Waals surface area contributed by atoms with Gasteiger partial charge in [-0.25, -0.2) is 0 Å². The predicted octanol–water partition coefficient (Wildman–Crippen LogP) is 3.05. The zero-order valence-electron chi connectivity index (χ0n) is 13.1. The number of carbonyl (C=O) groups is 1. The molecule has 0 aromatic heterocycles. The second-order valence-corrected chi connectivity index (χ2v) is 5.93. The molecule has 0 spiro atoms. The zero-order valence-corrected chi connectivity index (χ0v) is 13.1. The minimum Gasteiger partial charge on any atom is -0.463 e. The van der Waals surface area contributed by atoms with E-state index in [1.165, 1.54) is 38.5 Å². The first-order valence-electron chi connectivity index (χ1n) is 8.00. The van der Waals surface area contributed by atoms with Gasteiger partial charge in [0.05, 0.1) is 6.61 Å². The number of ether oxygens (including phenoxy) is 1. The van der Waals surface area contributed by atoms with Crippen LogP contribution < -0.4 is 0 Å². The molecule has 0 aliphatic heterocycles. The van der Waals surface area contributed by atoms with Crippen LogP contribution in [0.15, 0.2) is 0 Å². The van der Waals surface area contributed by atoms with Crippen molar-refractivity contribution >= 4 is 5.97 Å². The zero-order chi connectivity index (χ0) is 15.2. The van der Waals surface area contributed by atoms with Gasteiger partial charge < -0.3 is 14.9 Å². The van der Waals surface area contributed by atoms with Crippen molar-refractivity contribution < 1.29 is 19.7 Å². The van der Waals surface area contributed by atoms with E-state index in [0.29, 0.717) is 6.42 Å². The summed E-state index contributed by atoms with van der Waals surface area (Å²) in [7, 11) is 0. The summed E-state index contributed by atoms with van der Waals surface area (Å²) >= 11 is 0. The van der Waals surface area contributed by atoms with Gasteiger partial charge >= 0.3 is 5.97 Å². The molecule has 0 bridgehead atoms. The van der Waals surface area contributed by atoms with E-state index in [2.05, 4.69) is 13.8 Å². The maximum absolute atomic E-state index is 11.3. The van der Waals surface area contributed by atoms with E-state index in [-0.39, 0.29) is 19.2 Å². The van der Waals surface area contributed by atoms with Crippen LogP contribution in [0.1, 0.15) is 71.6 Å². The molecule has 0 aliphatic rings. The largest absolute Gasteiger partial charge is 0.463 e. The van der Waals surface area contributed by atoms with Crippen molar-refractivity contribution in [1.29, 1.82) is 0 Å². The lowest BCUT2D eigenvalue weighted by atomic mass is 10.0. The van der Waals surface area contributed by atoms with Crippen LogP contribution >= 0.6 is 0 Å². The summed E-state index contributed by atoms with van der Waals surface area (Å²) in [5, 5.41) is 17.6. The Labute approximate surface area is 123 Å². The Kier molecular flexibility index (Phi) is 13.0. The van der Waals surface area contributed by atoms with E-state index in [9.17, 15) is 4.79 Å². The summed E-state index contributed by atoms with van der Waals surface area (Å²) in [5.41, 5.74) is 0. The highest BCUT2D eigenvalue weighted by atomic mass is 16.5. The average molecular weight is 288 g/mol. The topological polar surface area (TPSA) is 66.8 Å². The van der Waals surface area contributed by atoms with Crippen LogP contribution in [0, 0.1) is 5.92 Å². The number of aliphatic hydroxyl groups is 2. The standard InChI is InChI=1S/C16H32O4/c1-14(2)10-8-6-4-3-5-7-9-11-16(19)20-13-15(18)12-17/h14-15,17-18H,3-13H2,1-2H3/t15-/m1/s1. The molecule has 4 nitrogen and oxygen atoms in total. The third kappa shape index (κ3) is 13.8. The number of hydrogen-bond acceptors (Lipinski definition) is 4. The molecule has 1 atom stereocenters. The van der Waals surface area contributed by atoms with Crippen LogP contribution in [-0.2, 0) is 9.53 Å². The quantitative estimate of drug-likeness (QED) is 0.404. The monoisotopic (exact) mass is 288 g/mol. The van der Waals surface area contributed by atoms with Crippen molar-refractivity contribution in [3.8, 4) is 0 Å². The van der Waals surface area contributed by atoms with Gasteiger partial charge in [0.15, 0.2) is 0 Å². The summed E-state index contributed by atoms with van der Waals surface area (Å²) in [5.74, 6) is 0.528. The smallest absolute Gasteiger partial charge is 0.305 e. The van der Waals surface area contributed by atoms with E-state index in [0.717, 1.165) is 18.8 Å². The summed E-state index contributed by atoms with van der Waals surface area (Å²) in [6, 6.07) is 0. The van der Waals surface area contributed by atoms with Crippen molar-refractivity contribution in [3.05, 3.63) is 0 Å². The van der Waals surface area contributed by atoms with E-state index < -0.39 is 6.10 Å². The maximum Gasteiger partial charge on any atom is 0.305 e. The fraction of sp³-hybridized carbons (Fsp3) is 0.938. The molecule has 0 heterocycles. The molecule has 120 valence electrons. The number of rotatable bonds is 13. The van der Waals surface area contributed by atoms with Crippen molar-refractivity contribution in [1.82, 2.24) is 0 Å². The Morgan fingerprint density at radius 2 is 1.55 bits per heavy atom. The fourth-order valence-corrected chi connectivity index (χ4v) is 2.02. The molecule has 2 N–H and O–H groups in total. The highest BCUT2D eigenvalue weighted by Crippen LogP contribution is 2.12. The SMILES string of the molecule is CC(C)CCCCCCCCCC(=O)OC[C@H](O)CO. The van der Waals surface area contributed by atoms with Crippen molar-refractivity contribution in [2.24, 2.45) is 5.92 Å². The number of hydrogen-bond donors (Lipinski definition) is 2. The molecule has 0 aromatic rings. The van der Waals surface area contributed by atoms with Crippen LogP contribution in [-0.4, -0.2) is 35.5 Å². The highest BCUT2D eigenvalue weighted by Gasteiger charge is 2.07. The lowest BCUT2D eigenvalue weighted by Gasteiger charge is -2.08. The van der Waals surface area contributed by atoms with E-state index in [1.807, 2.05) is 0 Å². The third-order valence-electron chi connectivity index (χ3n) is 3.31. The van der Waals surface area contributed by atoms with Crippen molar-refractivity contribution in [3.63, 3.8) is 0 Å². The molecule has 0 aromatic carbocycles. The maximum atomic E-state index is 11.3. The van der Waals surface area contributed by atoms with Gasteiger partial charge in [-0.2, -0.15) is 0 Å². The van der Waals surface area contributed by atoms with E-state index in [1.54, 1.807) is 0 Å². The van der Waals surface area contributed by atoms with Gasteiger partial charge in [-0.3, -0.25) is 4.79 Å². The summed E-state index contributed by atoms with van der Waals surface area (Å²) in [6.07, 6.45) is 9.05. The normalized spacial score (nSPS) is 12.7. The lowest BCUT2D eigenvalue weighted by Crippen LogP contribution is -2.21. The summed E-state index contributed by atoms with van der Waals surface area (Å²) < 4.78 is 4.83. The van der Waals surface area contributed by atoms with Crippen LogP contribution in [0.2, 0.25) is 0 Å². The molecule has 20 heavy (non-hydrogen) atoms. The predicted molar refractivity (Wildman–Crippen MR) is 80.4 cm³/mol.